The summed E-state index contributed by atoms with van der Waals surface area (Å²) in [5.41, 5.74) is 1.91. The highest BCUT2D eigenvalue weighted by Crippen LogP contribution is 2.40. The fourth-order valence-corrected chi connectivity index (χ4v) is 2.82. The van der Waals surface area contributed by atoms with E-state index in [4.69, 9.17) is 16.7 Å². The molecule has 2 aromatic carbocycles. The second-order valence-electron chi connectivity index (χ2n) is 6.54. The fraction of sp³-hybridized carbons (Fsp3) is 0.333. The first-order valence-corrected chi connectivity index (χ1v) is 8.06. The van der Waals surface area contributed by atoms with E-state index in [1.54, 1.807) is 6.07 Å². The lowest BCUT2D eigenvalue weighted by molar-refractivity contribution is -0.384. The zero-order valence-corrected chi connectivity index (χ0v) is 14.7. The van der Waals surface area contributed by atoms with Crippen molar-refractivity contribution in [3.8, 4) is 0 Å². The van der Waals surface area contributed by atoms with Gasteiger partial charge in [-0.05, 0) is 57.0 Å². The van der Waals surface area contributed by atoms with Crippen LogP contribution < -0.4 is 4.90 Å². The molecule has 0 saturated carbocycles. The summed E-state index contributed by atoms with van der Waals surface area (Å²) in [6.45, 7) is 6.04. The largest absolute Gasteiger partial charge is 0.396 e. The minimum atomic E-state index is -0.398. The quantitative estimate of drug-likeness (QED) is 0.627. The predicted octanol–water partition coefficient (Wildman–Crippen LogP) is 4.72. The van der Waals surface area contributed by atoms with Crippen LogP contribution in [-0.2, 0) is 6.42 Å². The van der Waals surface area contributed by atoms with Gasteiger partial charge >= 0.3 is 0 Å². The molecular formula is C18H21ClN2O3. The lowest BCUT2D eigenvalue weighted by Gasteiger charge is -2.37. The maximum Gasteiger partial charge on any atom is 0.293 e. The lowest BCUT2D eigenvalue weighted by Crippen LogP contribution is -2.38. The average molecular weight is 349 g/mol. The van der Waals surface area contributed by atoms with Crippen LogP contribution in [0.1, 0.15) is 26.3 Å². The van der Waals surface area contributed by atoms with E-state index >= 15 is 0 Å². The van der Waals surface area contributed by atoms with Gasteiger partial charge in [0, 0.05) is 28.9 Å². The van der Waals surface area contributed by atoms with Gasteiger partial charge in [-0.3, -0.25) is 10.1 Å². The van der Waals surface area contributed by atoms with Crippen molar-refractivity contribution >= 4 is 28.7 Å². The number of hydrogen-bond donors (Lipinski definition) is 1. The van der Waals surface area contributed by atoms with Gasteiger partial charge in [-0.1, -0.05) is 23.7 Å². The van der Waals surface area contributed by atoms with Crippen LogP contribution in [0.15, 0.2) is 42.5 Å². The Morgan fingerprint density at radius 1 is 1.17 bits per heavy atom. The summed E-state index contributed by atoms with van der Waals surface area (Å²) in [6.07, 6.45) is 0.576. The Kier molecular flexibility index (Phi) is 5.47. The van der Waals surface area contributed by atoms with Crippen molar-refractivity contribution in [1.29, 1.82) is 0 Å². The lowest BCUT2D eigenvalue weighted by atomic mass is 10.0. The van der Waals surface area contributed by atoms with Gasteiger partial charge in [0.05, 0.1) is 4.92 Å². The molecule has 0 fully saturated rings. The number of hydrogen-bond acceptors (Lipinski definition) is 4. The molecule has 2 rings (SSSR count). The smallest absolute Gasteiger partial charge is 0.293 e. The molecule has 0 radical (unpaired) electrons. The molecule has 0 aliphatic heterocycles. The van der Waals surface area contributed by atoms with Gasteiger partial charge in [0.15, 0.2) is 0 Å². The fourth-order valence-electron chi connectivity index (χ4n) is 2.66. The molecular weight excluding hydrogens is 328 g/mol. The van der Waals surface area contributed by atoms with Crippen LogP contribution >= 0.6 is 11.6 Å². The van der Waals surface area contributed by atoms with E-state index in [0.717, 1.165) is 11.3 Å². The summed E-state index contributed by atoms with van der Waals surface area (Å²) in [6, 6.07) is 12.2. The van der Waals surface area contributed by atoms with Crippen molar-refractivity contribution < 1.29 is 10.0 Å². The molecule has 5 nitrogen and oxygen atoms in total. The highest BCUT2D eigenvalue weighted by atomic mass is 35.5. The number of rotatable bonds is 5. The van der Waals surface area contributed by atoms with Crippen molar-refractivity contribution in [3.05, 3.63) is 63.2 Å². The number of benzene rings is 2. The first kappa shape index (κ1) is 18.2. The zero-order valence-electron chi connectivity index (χ0n) is 14.0. The van der Waals surface area contributed by atoms with Crippen LogP contribution in [0.2, 0.25) is 5.02 Å². The molecule has 0 spiro atoms. The molecule has 0 aliphatic carbocycles. The van der Waals surface area contributed by atoms with Crippen LogP contribution in [0.25, 0.3) is 0 Å². The van der Waals surface area contributed by atoms with Gasteiger partial charge in [-0.25, -0.2) is 0 Å². The monoisotopic (exact) mass is 348 g/mol. The molecule has 0 unspecified atom stereocenters. The van der Waals surface area contributed by atoms with E-state index in [0.29, 0.717) is 17.1 Å². The third kappa shape index (κ3) is 4.04. The Morgan fingerprint density at radius 3 is 2.29 bits per heavy atom. The molecule has 0 saturated heterocycles. The molecule has 1 N–H and O–H groups in total. The van der Waals surface area contributed by atoms with Crippen LogP contribution in [0.5, 0.6) is 0 Å². The molecule has 24 heavy (non-hydrogen) atoms. The Bertz CT molecular complexity index is 724. The summed E-state index contributed by atoms with van der Waals surface area (Å²) in [4.78, 5) is 12.9. The first-order valence-electron chi connectivity index (χ1n) is 7.68. The summed E-state index contributed by atoms with van der Waals surface area (Å²) in [5.74, 6) is 0. The molecule has 2 aromatic rings. The van der Waals surface area contributed by atoms with Gasteiger partial charge < -0.3 is 10.0 Å². The van der Waals surface area contributed by atoms with E-state index in [1.807, 2.05) is 49.9 Å². The minimum absolute atomic E-state index is 0.00811. The van der Waals surface area contributed by atoms with Crippen molar-refractivity contribution in [2.45, 2.75) is 32.7 Å². The number of halogens is 1. The molecule has 6 heteroatoms. The predicted molar refractivity (Wildman–Crippen MR) is 97.2 cm³/mol. The zero-order chi connectivity index (χ0) is 17.9. The highest BCUT2D eigenvalue weighted by Gasteiger charge is 2.29. The van der Waals surface area contributed by atoms with Crippen LogP contribution in [-0.4, -0.2) is 22.2 Å². The Labute approximate surface area is 146 Å². The number of anilines is 2. The van der Waals surface area contributed by atoms with Gasteiger partial charge in [0.1, 0.15) is 5.69 Å². The molecule has 128 valence electrons. The standard InChI is InChI=1S/C18H21ClN2O3/c1-18(2,3)20(15-7-4-13(5-8-15)10-11-22)17-12-14(19)6-9-16(17)21(23)24/h4-9,12,22H,10-11H2,1-3H3. The van der Waals surface area contributed by atoms with Crippen molar-refractivity contribution in [2.75, 3.05) is 11.5 Å². The second kappa shape index (κ2) is 7.20. The minimum Gasteiger partial charge on any atom is -0.396 e. The SMILES string of the molecule is CC(C)(C)N(c1ccc(CCO)cc1)c1cc(Cl)ccc1[N+](=O)[O-]. The summed E-state index contributed by atoms with van der Waals surface area (Å²) in [7, 11) is 0. The summed E-state index contributed by atoms with van der Waals surface area (Å²) in [5, 5.41) is 20.9. The number of aliphatic hydroxyl groups excluding tert-OH is 1. The number of nitrogens with zero attached hydrogens (tertiary/aromatic N) is 2. The molecule has 0 amide bonds. The summed E-state index contributed by atoms with van der Waals surface area (Å²) < 4.78 is 0. The molecule has 0 atom stereocenters. The van der Waals surface area contributed by atoms with E-state index in [1.165, 1.54) is 12.1 Å². The van der Waals surface area contributed by atoms with Gasteiger partial charge in [0.2, 0.25) is 0 Å². The molecule has 0 aromatic heterocycles. The van der Waals surface area contributed by atoms with Gasteiger partial charge in [-0.2, -0.15) is 0 Å². The van der Waals surface area contributed by atoms with Gasteiger partial charge in [-0.15, -0.1) is 0 Å². The second-order valence-corrected chi connectivity index (χ2v) is 6.97. The van der Waals surface area contributed by atoms with E-state index in [-0.39, 0.29) is 12.3 Å². The maximum absolute atomic E-state index is 11.4. The van der Waals surface area contributed by atoms with Crippen LogP contribution in [0.3, 0.4) is 0 Å². The highest BCUT2D eigenvalue weighted by molar-refractivity contribution is 6.31. The summed E-state index contributed by atoms with van der Waals surface area (Å²) >= 11 is 6.09. The van der Waals surface area contributed by atoms with Gasteiger partial charge in [0.25, 0.3) is 5.69 Å². The Hall–Kier alpha value is -2.11. The first-order chi connectivity index (χ1) is 11.2. The number of aliphatic hydroxyl groups is 1. The molecule has 0 bridgehead atoms. The normalized spacial score (nSPS) is 11.4. The number of nitro groups is 1. The Balaban J connectivity index is 2.59. The average Bonchev–Trinajstić information content (AvgIpc) is 2.48. The topological polar surface area (TPSA) is 66.6 Å². The third-order valence-corrected chi connectivity index (χ3v) is 3.88. The van der Waals surface area contributed by atoms with E-state index in [9.17, 15) is 10.1 Å². The molecule has 0 aliphatic rings. The third-order valence-electron chi connectivity index (χ3n) is 3.64. The number of nitro benzene ring substituents is 1. The molecule has 0 heterocycles. The van der Waals surface area contributed by atoms with E-state index < -0.39 is 10.5 Å². The van der Waals surface area contributed by atoms with Crippen molar-refractivity contribution in [2.24, 2.45) is 0 Å². The Morgan fingerprint density at radius 2 is 1.79 bits per heavy atom. The van der Waals surface area contributed by atoms with Crippen LogP contribution in [0, 0.1) is 10.1 Å². The van der Waals surface area contributed by atoms with Crippen molar-refractivity contribution in [1.82, 2.24) is 0 Å². The van der Waals surface area contributed by atoms with Crippen LogP contribution in [0.4, 0.5) is 17.1 Å². The maximum atomic E-state index is 11.4. The van der Waals surface area contributed by atoms with E-state index in [2.05, 4.69) is 0 Å². The van der Waals surface area contributed by atoms with Crippen molar-refractivity contribution in [3.63, 3.8) is 0 Å².